The minimum absolute atomic E-state index is 0.136. The second-order valence-corrected chi connectivity index (χ2v) is 7.86. The summed E-state index contributed by atoms with van der Waals surface area (Å²) < 4.78 is 17.5. The van der Waals surface area contributed by atoms with Crippen LogP contribution in [0, 0.1) is 0 Å². The first-order valence-electron chi connectivity index (χ1n) is 9.82. The molecule has 1 unspecified atom stereocenters. The van der Waals surface area contributed by atoms with E-state index >= 15 is 0 Å². The molecule has 1 aliphatic rings. The van der Waals surface area contributed by atoms with Gasteiger partial charge < -0.3 is 18.8 Å². The van der Waals surface area contributed by atoms with E-state index in [-0.39, 0.29) is 6.04 Å². The maximum atomic E-state index is 5.97. The van der Waals surface area contributed by atoms with Crippen LogP contribution in [0.25, 0.3) is 10.8 Å². The van der Waals surface area contributed by atoms with Gasteiger partial charge >= 0.3 is 0 Å². The molecule has 0 fully saturated rings. The second kappa shape index (κ2) is 8.32. The molecule has 28 heavy (non-hydrogen) atoms. The van der Waals surface area contributed by atoms with Crippen molar-refractivity contribution < 1.29 is 18.8 Å². The molecule has 2 atom stereocenters. The molecular weight excluding hydrogens is 374 g/mol. The zero-order chi connectivity index (χ0) is 19.5. The molecule has 0 saturated heterocycles. The Bertz CT molecular complexity index is 923. The highest BCUT2D eigenvalue weighted by molar-refractivity contribution is 7.13. The Morgan fingerprint density at radius 3 is 2.57 bits per heavy atom. The lowest BCUT2D eigenvalue weighted by molar-refractivity contribution is -0.946. The summed E-state index contributed by atoms with van der Waals surface area (Å²) in [7, 11) is 0. The first kappa shape index (κ1) is 19.0. The Kier molecular flexibility index (Phi) is 5.64. The third-order valence-corrected chi connectivity index (χ3v) is 6.01. The first-order chi connectivity index (χ1) is 13.7. The van der Waals surface area contributed by atoms with Crippen LogP contribution in [0.4, 0.5) is 0 Å². The number of rotatable bonds is 7. The van der Waals surface area contributed by atoms with Crippen molar-refractivity contribution in [2.45, 2.75) is 39.8 Å². The monoisotopic (exact) mass is 400 g/mol. The Hall–Kier alpha value is -2.38. The van der Waals surface area contributed by atoms with Crippen LogP contribution in [-0.4, -0.2) is 30.0 Å². The van der Waals surface area contributed by atoms with Crippen molar-refractivity contribution in [1.29, 1.82) is 0 Å². The predicted octanol–water partition coefficient (Wildman–Crippen LogP) is 3.30. The van der Waals surface area contributed by atoms with E-state index in [1.807, 2.05) is 31.4 Å². The van der Waals surface area contributed by atoms with Gasteiger partial charge in [-0.15, -0.1) is 21.5 Å². The molecular formula is C21H26N3O3S+. The van der Waals surface area contributed by atoms with E-state index in [0.717, 1.165) is 35.9 Å². The third-order valence-electron chi connectivity index (χ3n) is 5.15. The Morgan fingerprint density at radius 2 is 1.89 bits per heavy atom. The van der Waals surface area contributed by atoms with Gasteiger partial charge in [0.25, 0.3) is 11.8 Å². The molecule has 0 aliphatic carbocycles. The molecule has 148 valence electrons. The Labute approximate surface area is 169 Å². The number of hydrogen-bond donors (Lipinski definition) is 1. The maximum absolute atomic E-state index is 5.97. The molecule has 0 amide bonds. The quantitative estimate of drug-likeness (QED) is 0.659. The number of fused-ring (bicyclic) bond motifs is 1. The van der Waals surface area contributed by atoms with E-state index in [4.69, 9.17) is 13.9 Å². The summed E-state index contributed by atoms with van der Waals surface area (Å²) in [5.41, 5.74) is 2.64. The lowest BCUT2D eigenvalue weighted by Crippen LogP contribution is -3.11. The SMILES string of the molecule is CCOc1cc2c(cc1OCC)C[NH+]([C@@H](C)c1nnc(-c3cccs3)o1)CC2. The van der Waals surface area contributed by atoms with Crippen LogP contribution >= 0.6 is 11.3 Å². The van der Waals surface area contributed by atoms with Gasteiger partial charge in [0.05, 0.1) is 24.6 Å². The zero-order valence-electron chi connectivity index (χ0n) is 16.5. The smallest absolute Gasteiger partial charge is 0.274 e. The second-order valence-electron chi connectivity index (χ2n) is 6.91. The van der Waals surface area contributed by atoms with Gasteiger partial charge in [0.1, 0.15) is 6.54 Å². The van der Waals surface area contributed by atoms with Gasteiger partial charge in [0.15, 0.2) is 17.5 Å². The van der Waals surface area contributed by atoms with Gasteiger partial charge in [-0.3, -0.25) is 0 Å². The Balaban J connectivity index is 1.53. The lowest BCUT2D eigenvalue weighted by Gasteiger charge is -2.29. The highest BCUT2D eigenvalue weighted by Gasteiger charge is 2.30. The number of ether oxygens (including phenoxy) is 2. The van der Waals surface area contributed by atoms with E-state index < -0.39 is 0 Å². The number of nitrogens with zero attached hydrogens (tertiary/aromatic N) is 2. The predicted molar refractivity (Wildman–Crippen MR) is 108 cm³/mol. The molecule has 1 aromatic carbocycles. The van der Waals surface area contributed by atoms with Crippen LogP contribution in [-0.2, 0) is 13.0 Å². The van der Waals surface area contributed by atoms with Crippen molar-refractivity contribution in [2.75, 3.05) is 19.8 Å². The number of quaternary nitrogens is 1. The van der Waals surface area contributed by atoms with Crippen molar-refractivity contribution in [1.82, 2.24) is 10.2 Å². The highest BCUT2D eigenvalue weighted by Crippen LogP contribution is 2.32. The summed E-state index contributed by atoms with van der Waals surface area (Å²) in [6.45, 7) is 9.33. The third kappa shape index (κ3) is 3.77. The fraction of sp³-hybridized carbons (Fsp3) is 0.429. The summed E-state index contributed by atoms with van der Waals surface area (Å²) in [6, 6.07) is 8.42. The molecule has 4 rings (SSSR count). The summed E-state index contributed by atoms with van der Waals surface area (Å²) in [6.07, 6.45) is 0.993. The largest absolute Gasteiger partial charge is 0.490 e. The molecule has 0 bridgehead atoms. The van der Waals surface area contributed by atoms with Gasteiger partial charge in [-0.2, -0.15) is 0 Å². The van der Waals surface area contributed by atoms with Crippen molar-refractivity contribution in [2.24, 2.45) is 0 Å². The fourth-order valence-corrected chi connectivity index (χ4v) is 4.30. The minimum Gasteiger partial charge on any atom is -0.490 e. The van der Waals surface area contributed by atoms with E-state index in [0.29, 0.717) is 25.0 Å². The minimum atomic E-state index is 0.136. The normalized spacial score (nSPS) is 17.2. The number of nitrogens with one attached hydrogen (secondary N) is 1. The fourth-order valence-electron chi connectivity index (χ4n) is 3.66. The number of hydrogen-bond acceptors (Lipinski definition) is 6. The molecule has 7 heteroatoms. The van der Waals surface area contributed by atoms with Crippen LogP contribution in [0.3, 0.4) is 0 Å². The first-order valence-corrected chi connectivity index (χ1v) is 10.7. The van der Waals surface area contributed by atoms with Gasteiger partial charge in [-0.05, 0) is 49.9 Å². The van der Waals surface area contributed by atoms with Crippen molar-refractivity contribution in [3.05, 3.63) is 46.7 Å². The molecule has 3 heterocycles. The topological polar surface area (TPSA) is 61.8 Å². The molecule has 1 aliphatic heterocycles. The van der Waals surface area contributed by atoms with Crippen LogP contribution in [0.1, 0.15) is 43.8 Å². The van der Waals surface area contributed by atoms with E-state index in [1.54, 1.807) is 11.3 Å². The van der Waals surface area contributed by atoms with Crippen LogP contribution in [0.2, 0.25) is 0 Å². The van der Waals surface area contributed by atoms with Crippen molar-refractivity contribution >= 4 is 11.3 Å². The highest BCUT2D eigenvalue weighted by atomic mass is 32.1. The average Bonchev–Trinajstić information content (AvgIpc) is 3.39. The summed E-state index contributed by atoms with van der Waals surface area (Å²) in [4.78, 5) is 2.43. The Morgan fingerprint density at radius 1 is 1.14 bits per heavy atom. The summed E-state index contributed by atoms with van der Waals surface area (Å²) in [5.74, 6) is 2.97. The van der Waals surface area contributed by atoms with Gasteiger partial charge in [0, 0.05) is 12.0 Å². The number of aromatic nitrogens is 2. The standard InChI is InChI=1S/C21H25N3O3S/c1-4-25-17-11-15-8-9-24(13-16(15)12-18(17)26-5-2)14(3)20-22-23-21(27-20)19-7-6-10-28-19/h6-7,10-12,14H,4-5,8-9,13H2,1-3H3/p+1/t14-/m0/s1. The molecule has 1 N–H and O–H groups in total. The molecule has 3 aromatic rings. The van der Waals surface area contributed by atoms with Crippen LogP contribution < -0.4 is 14.4 Å². The van der Waals surface area contributed by atoms with Gasteiger partial charge in [-0.25, -0.2) is 0 Å². The van der Waals surface area contributed by atoms with Crippen molar-refractivity contribution in [3.8, 4) is 22.3 Å². The maximum Gasteiger partial charge on any atom is 0.274 e. The van der Waals surface area contributed by atoms with Gasteiger partial charge in [0.2, 0.25) is 0 Å². The lowest BCUT2D eigenvalue weighted by atomic mass is 9.97. The van der Waals surface area contributed by atoms with Crippen LogP contribution in [0.15, 0.2) is 34.1 Å². The summed E-state index contributed by atoms with van der Waals surface area (Å²) >= 11 is 1.61. The molecule has 2 aromatic heterocycles. The van der Waals surface area contributed by atoms with Gasteiger partial charge in [-0.1, -0.05) is 6.07 Å². The van der Waals surface area contributed by atoms with E-state index in [9.17, 15) is 0 Å². The average molecular weight is 401 g/mol. The van der Waals surface area contributed by atoms with E-state index in [1.165, 1.54) is 16.0 Å². The molecule has 0 radical (unpaired) electrons. The zero-order valence-corrected chi connectivity index (χ0v) is 17.3. The molecule has 0 spiro atoms. The van der Waals surface area contributed by atoms with Crippen LogP contribution in [0.5, 0.6) is 11.5 Å². The molecule has 0 saturated carbocycles. The number of benzene rings is 1. The van der Waals surface area contributed by atoms with E-state index in [2.05, 4.69) is 29.3 Å². The number of thiophene rings is 1. The summed E-state index contributed by atoms with van der Waals surface area (Å²) in [5, 5.41) is 10.6. The molecule has 6 nitrogen and oxygen atoms in total. The van der Waals surface area contributed by atoms with Crippen molar-refractivity contribution in [3.63, 3.8) is 0 Å².